The molecule has 2 heterocycles. The van der Waals surface area contributed by atoms with Crippen LogP contribution in [0.1, 0.15) is 19.8 Å². The summed E-state index contributed by atoms with van der Waals surface area (Å²) in [6.07, 6.45) is -0.00857. The lowest BCUT2D eigenvalue weighted by Gasteiger charge is -2.37. The fourth-order valence-corrected chi connectivity index (χ4v) is 3.56. The summed E-state index contributed by atoms with van der Waals surface area (Å²) in [7, 11) is 0. The molecule has 1 spiro atoms. The van der Waals surface area contributed by atoms with Crippen LogP contribution in [0.25, 0.3) is 10.8 Å². The minimum Gasteiger partial charge on any atom is -0.481 e. The molecule has 0 bridgehead atoms. The number of rotatable bonds is 3. The van der Waals surface area contributed by atoms with Crippen molar-refractivity contribution in [3.8, 4) is 5.75 Å². The quantitative estimate of drug-likeness (QED) is 0.792. The number of nitrogens with zero attached hydrogens (tertiary/aromatic N) is 1. The highest BCUT2D eigenvalue weighted by Gasteiger charge is 2.45. The van der Waals surface area contributed by atoms with Crippen LogP contribution in [0.15, 0.2) is 42.5 Å². The Balaban J connectivity index is 1.37. The smallest absolute Gasteiger partial charge is 0.481 e. The SMILES string of the molecule is CC(Oc1ccc2ccccc2c1)C(=O)N1CCC2(CC1)COC(=O)O2. The molecule has 136 valence electrons. The lowest BCUT2D eigenvalue weighted by Crippen LogP contribution is -2.51. The van der Waals surface area contributed by atoms with E-state index < -0.39 is 17.9 Å². The van der Waals surface area contributed by atoms with Gasteiger partial charge in [-0.2, -0.15) is 0 Å². The molecular formula is C20H21NO5. The van der Waals surface area contributed by atoms with Crippen molar-refractivity contribution in [1.82, 2.24) is 4.90 Å². The van der Waals surface area contributed by atoms with E-state index in [-0.39, 0.29) is 12.5 Å². The molecule has 26 heavy (non-hydrogen) atoms. The van der Waals surface area contributed by atoms with Gasteiger partial charge in [0.25, 0.3) is 5.91 Å². The number of amides is 1. The van der Waals surface area contributed by atoms with Crippen molar-refractivity contribution in [2.24, 2.45) is 0 Å². The molecule has 2 aliphatic heterocycles. The number of carbonyl (C=O) groups excluding carboxylic acids is 2. The van der Waals surface area contributed by atoms with Crippen molar-refractivity contribution in [3.63, 3.8) is 0 Å². The highest BCUT2D eigenvalue weighted by Crippen LogP contribution is 2.32. The van der Waals surface area contributed by atoms with Crippen LogP contribution in [0.3, 0.4) is 0 Å². The van der Waals surface area contributed by atoms with Crippen molar-refractivity contribution < 1.29 is 23.8 Å². The average Bonchev–Trinajstić information content (AvgIpc) is 3.02. The molecule has 2 saturated heterocycles. The summed E-state index contributed by atoms with van der Waals surface area (Å²) in [5, 5.41) is 2.21. The highest BCUT2D eigenvalue weighted by atomic mass is 16.8. The van der Waals surface area contributed by atoms with E-state index in [9.17, 15) is 9.59 Å². The van der Waals surface area contributed by atoms with Gasteiger partial charge in [-0.3, -0.25) is 4.79 Å². The average molecular weight is 355 g/mol. The fraction of sp³-hybridized carbons (Fsp3) is 0.400. The number of benzene rings is 2. The summed E-state index contributed by atoms with van der Waals surface area (Å²) < 4.78 is 16.1. The zero-order valence-electron chi connectivity index (χ0n) is 14.6. The maximum atomic E-state index is 12.7. The van der Waals surface area contributed by atoms with Gasteiger partial charge in [-0.1, -0.05) is 30.3 Å². The molecule has 0 aliphatic carbocycles. The van der Waals surface area contributed by atoms with Crippen molar-refractivity contribution in [3.05, 3.63) is 42.5 Å². The number of ether oxygens (including phenoxy) is 3. The summed E-state index contributed by atoms with van der Waals surface area (Å²) in [5.74, 6) is 0.620. The fourth-order valence-electron chi connectivity index (χ4n) is 3.56. The van der Waals surface area contributed by atoms with Gasteiger partial charge in [0, 0.05) is 25.9 Å². The van der Waals surface area contributed by atoms with Gasteiger partial charge in [0.1, 0.15) is 12.4 Å². The summed E-state index contributed by atoms with van der Waals surface area (Å²) in [5.41, 5.74) is -0.559. The molecule has 1 amide bonds. The molecule has 0 aromatic heterocycles. The number of likely N-dealkylation sites (tertiary alicyclic amines) is 1. The van der Waals surface area contributed by atoms with Crippen LogP contribution in [0.4, 0.5) is 4.79 Å². The number of hydrogen-bond acceptors (Lipinski definition) is 5. The number of piperidine rings is 1. The molecule has 1 atom stereocenters. The first kappa shape index (κ1) is 16.7. The van der Waals surface area contributed by atoms with E-state index in [2.05, 4.69) is 0 Å². The van der Waals surface area contributed by atoms with E-state index in [1.165, 1.54) is 0 Å². The zero-order valence-corrected chi connectivity index (χ0v) is 14.6. The molecule has 0 radical (unpaired) electrons. The third-order valence-electron chi connectivity index (χ3n) is 5.12. The van der Waals surface area contributed by atoms with E-state index in [1.54, 1.807) is 11.8 Å². The molecule has 1 unspecified atom stereocenters. The maximum absolute atomic E-state index is 12.7. The monoisotopic (exact) mass is 355 g/mol. The standard InChI is InChI=1S/C20H21NO5/c1-14(25-17-7-6-15-4-2-3-5-16(15)12-17)18(22)21-10-8-20(9-11-21)13-24-19(23)26-20/h2-7,12,14H,8-11,13H2,1H3. The normalized spacial score (nSPS) is 19.9. The molecule has 2 aliphatic rings. The van der Waals surface area contributed by atoms with Crippen molar-refractivity contribution in [2.45, 2.75) is 31.5 Å². The van der Waals surface area contributed by atoms with Gasteiger partial charge in [0.2, 0.25) is 0 Å². The molecule has 4 rings (SSSR count). The predicted molar refractivity (Wildman–Crippen MR) is 95.0 cm³/mol. The summed E-state index contributed by atoms with van der Waals surface area (Å²) in [4.78, 5) is 25.7. The van der Waals surface area contributed by atoms with Gasteiger partial charge in [0.15, 0.2) is 11.7 Å². The first-order chi connectivity index (χ1) is 12.5. The van der Waals surface area contributed by atoms with Gasteiger partial charge >= 0.3 is 6.16 Å². The van der Waals surface area contributed by atoms with Crippen LogP contribution >= 0.6 is 0 Å². The van der Waals surface area contributed by atoms with E-state index >= 15 is 0 Å². The number of cyclic esters (lactones) is 1. The van der Waals surface area contributed by atoms with Gasteiger partial charge in [0.05, 0.1) is 0 Å². The third kappa shape index (κ3) is 3.19. The van der Waals surface area contributed by atoms with E-state index in [4.69, 9.17) is 14.2 Å². The summed E-state index contributed by atoms with van der Waals surface area (Å²) in [6.45, 7) is 3.10. The van der Waals surface area contributed by atoms with Crippen molar-refractivity contribution >= 4 is 22.8 Å². The Labute approximate surface area is 151 Å². The van der Waals surface area contributed by atoms with Gasteiger partial charge in [-0.25, -0.2) is 4.79 Å². The molecule has 6 heteroatoms. The van der Waals surface area contributed by atoms with E-state index in [0.29, 0.717) is 31.7 Å². The maximum Gasteiger partial charge on any atom is 0.509 e. The van der Waals surface area contributed by atoms with Crippen LogP contribution in [0.5, 0.6) is 5.75 Å². The van der Waals surface area contributed by atoms with Crippen LogP contribution in [0, 0.1) is 0 Å². The van der Waals surface area contributed by atoms with Gasteiger partial charge in [-0.15, -0.1) is 0 Å². The Bertz CT molecular complexity index is 841. The van der Waals surface area contributed by atoms with E-state index in [0.717, 1.165) is 10.8 Å². The topological polar surface area (TPSA) is 65.1 Å². The van der Waals surface area contributed by atoms with Crippen LogP contribution < -0.4 is 4.74 Å². The Morgan fingerprint density at radius 2 is 1.88 bits per heavy atom. The molecular weight excluding hydrogens is 334 g/mol. The van der Waals surface area contributed by atoms with Crippen LogP contribution in [0.2, 0.25) is 0 Å². The highest BCUT2D eigenvalue weighted by molar-refractivity contribution is 5.84. The Kier molecular flexibility index (Phi) is 4.18. The van der Waals surface area contributed by atoms with Crippen LogP contribution in [-0.2, 0) is 14.3 Å². The largest absolute Gasteiger partial charge is 0.509 e. The first-order valence-electron chi connectivity index (χ1n) is 8.85. The molecule has 0 N–H and O–H groups in total. The second-order valence-corrected chi connectivity index (χ2v) is 6.92. The predicted octanol–water partition coefficient (Wildman–Crippen LogP) is 3.14. The Morgan fingerprint density at radius 3 is 2.58 bits per heavy atom. The summed E-state index contributed by atoms with van der Waals surface area (Å²) in [6, 6.07) is 13.8. The Morgan fingerprint density at radius 1 is 1.15 bits per heavy atom. The zero-order chi connectivity index (χ0) is 18.1. The van der Waals surface area contributed by atoms with E-state index in [1.807, 2.05) is 42.5 Å². The Hall–Kier alpha value is -2.76. The van der Waals surface area contributed by atoms with Gasteiger partial charge < -0.3 is 19.1 Å². The van der Waals surface area contributed by atoms with Crippen molar-refractivity contribution in [2.75, 3.05) is 19.7 Å². The second-order valence-electron chi connectivity index (χ2n) is 6.92. The molecule has 6 nitrogen and oxygen atoms in total. The molecule has 2 aromatic carbocycles. The third-order valence-corrected chi connectivity index (χ3v) is 5.12. The lowest BCUT2D eigenvalue weighted by atomic mass is 9.92. The molecule has 2 aromatic rings. The molecule has 0 saturated carbocycles. The van der Waals surface area contributed by atoms with Crippen molar-refractivity contribution in [1.29, 1.82) is 0 Å². The lowest BCUT2D eigenvalue weighted by molar-refractivity contribution is -0.141. The summed E-state index contributed by atoms with van der Waals surface area (Å²) >= 11 is 0. The molecule has 2 fully saturated rings. The number of fused-ring (bicyclic) bond motifs is 1. The minimum absolute atomic E-state index is 0.0572. The minimum atomic E-state index is -0.613. The first-order valence-corrected chi connectivity index (χ1v) is 8.85. The second kappa shape index (κ2) is 6.52. The van der Waals surface area contributed by atoms with Gasteiger partial charge in [-0.05, 0) is 29.8 Å². The number of carbonyl (C=O) groups is 2. The number of hydrogen-bond donors (Lipinski definition) is 0. The van der Waals surface area contributed by atoms with Crippen LogP contribution in [-0.4, -0.2) is 48.4 Å².